The van der Waals surface area contributed by atoms with E-state index in [0.29, 0.717) is 13.2 Å². The Hall–Kier alpha value is -0.170. The first-order valence-electron chi connectivity index (χ1n) is 4.82. The summed E-state index contributed by atoms with van der Waals surface area (Å²) >= 11 is 0. The van der Waals surface area contributed by atoms with Crippen molar-refractivity contribution in [3.63, 3.8) is 0 Å². The zero-order valence-electron chi connectivity index (χ0n) is 9.82. The molecule has 2 atom stereocenters. The molecule has 0 aliphatic rings. The molecule has 0 aromatic heterocycles. The van der Waals surface area contributed by atoms with Crippen molar-refractivity contribution in [2.75, 3.05) is 39.4 Å². The van der Waals surface area contributed by atoms with Crippen LogP contribution in [0.3, 0.4) is 0 Å². The van der Waals surface area contributed by atoms with Crippen LogP contribution in [-0.2, 0) is 19.3 Å². The Morgan fingerprint density at radius 1 is 1.33 bits per heavy atom. The molecule has 92 valence electrons. The van der Waals surface area contributed by atoms with Crippen LogP contribution in [0.5, 0.6) is 0 Å². The summed E-state index contributed by atoms with van der Waals surface area (Å²) in [4.78, 5) is 0. The predicted molar refractivity (Wildman–Crippen MR) is 59.8 cm³/mol. The second-order valence-corrected chi connectivity index (χ2v) is 5.90. The van der Waals surface area contributed by atoms with Crippen molar-refractivity contribution in [1.82, 2.24) is 5.32 Å². The second-order valence-electron chi connectivity index (χ2n) is 3.71. The third-order valence-electron chi connectivity index (χ3n) is 1.93. The average molecular weight is 239 g/mol. The second kappa shape index (κ2) is 7.16. The first-order valence-corrected chi connectivity index (χ1v) is 6.88. The third-order valence-corrected chi connectivity index (χ3v) is 3.04. The Kier molecular flexibility index (Phi) is 7.08. The van der Waals surface area contributed by atoms with Gasteiger partial charge in [0.1, 0.15) is 9.84 Å². The van der Waals surface area contributed by atoms with Gasteiger partial charge in [-0.3, -0.25) is 0 Å². The number of hydrogen-bond acceptors (Lipinski definition) is 5. The molecule has 0 rings (SSSR count). The SMILES string of the molecule is COCC(CNC(C)CS(C)(=O)=O)OC. The summed E-state index contributed by atoms with van der Waals surface area (Å²) in [6, 6.07) is -0.0745. The van der Waals surface area contributed by atoms with Crippen LogP contribution < -0.4 is 5.32 Å². The number of nitrogens with one attached hydrogen (secondary N) is 1. The van der Waals surface area contributed by atoms with Crippen LogP contribution >= 0.6 is 0 Å². The van der Waals surface area contributed by atoms with Crippen molar-refractivity contribution in [3.8, 4) is 0 Å². The van der Waals surface area contributed by atoms with E-state index in [4.69, 9.17) is 9.47 Å². The van der Waals surface area contributed by atoms with Crippen LogP contribution in [0.1, 0.15) is 6.92 Å². The summed E-state index contributed by atoms with van der Waals surface area (Å²) in [6.45, 7) is 2.91. The Morgan fingerprint density at radius 3 is 2.33 bits per heavy atom. The van der Waals surface area contributed by atoms with Crippen LogP contribution in [0.25, 0.3) is 0 Å². The standard InChI is InChI=1S/C9H21NO4S/c1-8(7-15(4,11)12)10-5-9(14-3)6-13-2/h8-10H,5-7H2,1-4H3. The first kappa shape index (κ1) is 14.8. The van der Waals surface area contributed by atoms with Crippen molar-refractivity contribution in [1.29, 1.82) is 0 Å². The molecular weight excluding hydrogens is 218 g/mol. The average Bonchev–Trinajstić information content (AvgIpc) is 2.09. The van der Waals surface area contributed by atoms with Crippen molar-refractivity contribution in [3.05, 3.63) is 0 Å². The van der Waals surface area contributed by atoms with E-state index in [2.05, 4.69) is 5.32 Å². The van der Waals surface area contributed by atoms with Crippen LogP contribution in [-0.4, -0.2) is 59.9 Å². The minimum atomic E-state index is -2.92. The van der Waals surface area contributed by atoms with Gasteiger partial charge in [-0.05, 0) is 6.92 Å². The lowest BCUT2D eigenvalue weighted by Gasteiger charge is -2.18. The Labute approximate surface area is 92.1 Å². The summed E-state index contributed by atoms with van der Waals surface area (Å²) in [7, 11) is 0.282. The van der Waals surface area contributed by atoms with Gasteiger partial charge in [-0.15, -0.1) is 0 Å². The Bertz CT molecular complexity index is 253. The summed E-state index contributed by atoms with van der Waals surface area (Å²) in [5.74, 6) is 0.135. The van der Waals surface area contributed by atoms with Gasteiger partial charge in [0.2, 0.25) is 0 Å². The molecule has 0 aromatic carbocycles. The fourth-order valence-electron chi connectivity index (χ4n) is 1.24. The van der Waals surface area contributed by atoms with Crippen molar-refractivity contribution < 1.29 is 17.9 Å². The van der Waals surface area contributed by atoms with E-state index < -0.39 is 9.84 Å². The highest BCUT2D eigenvalue weighted by molar-refractivity contribution is 7.90. The molecule has 0 bridgehead atoms. The summed E-state index contributed by atoms with van der Waals surface area (Å²) < 4.78 is 32.1. The van der Waals surface area contributed by atoms with Gasteiger partial charge in [0.15, 0.2) is 0 Å². The lowest BCUT2D eigenvalue weighted by atomic mass is 10.3. The fraction of sp³-hybridized carbons (Fsp3) is 1.00. The molecule has 0 aromatic rings. The highest BCUT2D eigenvalue weighted by Crippen LogP contribution is 1.93. The van der Waals surface area contributed by atoms with Crippen LogP contribution in [0.2, 0.25) is 0 Å². The summed E-state index contributed by atoms with van der Waals surface area (Å²) in [5, 5.41) is 3.09. The minimum Gasteiger partial charge on any atom is -0.382 e. The summed E-state index contributed by atoms with van der Waals surface area (Å²) in [6.07, 6.45) is 1.19. The molecular formula is C9H21NO4S. The molecule has 0 aliphatic carbocycles. The molecule has 1 N–H and O–H groups in total. The van der Waals surface area contributed by atoms with Crippen LogP contribution in [0.15, 0.2) is 0 Å². The highest BCUT2D eigenvalue weighted by Gasteiger charge is 2.12. The monoisotopic (exact) mass is 239 g/mol. The molecule has 0 saturated carbocycles. The maximum Gasteiger partial charge on any atom is 0.148 e. The smallest absolute Gasteiger partial charge is 0.148 e. The molecule has 0 heterocycles. The van der Waals surface area contributed by atoms with Crippen molar-refractivity contribution in [2.45, 2.75) is 19.1 Å². The molecule has 0 amide bonds. The van der Waals surface area contributed by atoms with Gasteiger partial charge >= 0.3 is 0 Å². The van der Waals surface area contributed by atoms with Crippen LogP contribution in [0.4, 0.5) is 0 Å². The zero-order valence-corrected chi connectivity index (χ0v) is 10.6. The molecule has 0 aliphatic heterocycles. The van der Waals surface area contributed by atoms with Crippen molar-refractivity contribution in [2.24, 2.45) is 0 Å². The molecule has 0 saturated heterocycles. The summed E-state index contributed by atoms with van der Waals surface area (Å²) in [5.41, 5.74) is 0. The van der Waals surface area contributed by atoms with E-state index in [-0.39, 0.29) is 17.9 Å². The number of methoxy groups -OCH3 is 2. The normalized spacial score (nSPS) is 16.3. The molecule has 15 heavy (non-hydrogen) atoms. The van der Waals surface area contributed by atoms with Gasteiger partial charge < -0.3 is 14.8 Å². The van der Waals surface area contributed by atoms with Gasteiger partial charge in [-0.2, -0.15) is 0 Å². The van der Waals surface area contributed by atoms with Gasteiger partial charge in [-0.1, -0.05) is 0 Å². The van der Waals surface area contributed by atoms with Gasteiger partial charge in [0, 0.05) is 33.1 Å². The highest BCUT2D eigenvalue weighted by atomic mass is 32.2. The van der Waals surface area contributed by atoms with Gasteiger partial charge in [0.25, 0.3) is 0 Å². The topological polar surface area (TPSA) is 64.6 Å². The molecule has 5 nitrogen and oxygen atoms in total. The number of sulfone groups is 1. The number of hydrogen-bond donors (Lipinski definition) is 1. The quantitative estimate of drug-likeness (QED) is 0.628. The molecule has 6 heteroatoms. The maximum atomic E-state index is 11.0. The third kappa shape index (κ3) is 8.80. The van der Waals surface area contributed by atoms with E-state index in [1.807, 2.05) is 6.92 Å². The van der Waals surface area contributed by atoms with Crippen LogP contribution in [0, 0.1) is 0 Å². The first-order chi connectivity index (χ1) is 6.89. The maximum absolute atomic E-state index is 11.0. The predicted octanol–water partition coefficient (Wildman–Crippen LogP) is -0.329. The van der Waals surface area contributed by atoms with Gasteiger partial charge in [0.05, 0.1) is 18.5 Å². The van der Waals surface area contributed by atoms with E-state index in [1.54, 1.807) is 14.2 Å². The Morgan fingerprint density at radius 2 is 1.93 bits per heavy atom. The molecule has 2 unspecified atom stereocenters. The van der Waals surface area contributed by atoms with E-state index in [1.165, 1.54) is 6.26 Å². The lowest BCUT2D eigenvalue weighted by molar-refractivity contribution is 0.0280. The van der Waals surface area contributed by atoms with E-state index in [0.717, 1.165) is 0 Å². The van der Waals surface area contributed by atoms with Gasteiger partial charge in [-0.25, -0.2) is 8.42 Å². The largest absolute Gasteiger partial charge is 0.382 e. The Balaban J connectivity index is 3.82. The lowest BCUT2D eigenvalue weighted by Crippen LogP contribution is -2.40. The molecule has 0 fully saturated rings. The minimum absolute atomic E-state index is 0.0444. The number of rotatable bonds is 8. The van der Waals surface area contributed by atoms with Crippen molar-refractivity contribution >= 4 is 9.84 Å². The molecule has 0 radical (unpaired) electrons. The zero-order chi connectivity index (χ0) is 11.9. The fourth-order valence-corrected chi connectivity index (χ4v) is 2.27. The van der Waals surface area contributed by atoms with E-state index in [9.17, 15) is 8.42 Å². The molecule has 0 spiro atoms. The van der Waals surface area contributed by atoms with E-state index >= 15 is 0 Å². The number of ether oxygens (including phenoxy) is 2.